The third kappa shape index (κ3) is 2.83. The van der Waals surface area contributed by atoms with E-state index in [0.29, 0.717) is 0 Å². The van der Waals surface area contributed by atoms with Crippen LogP contribution in [0.15, 0.2) is 4.52 Å². The summed E-state index contributed by atoms with van der Waals surface area (Å²) in [6, 6.07) is 0. The minimum absolute atomic E-state index is 0.129. The van der Waals surface area contributed by atoms with E-state index in [1.807, 2.05) is 0 Å². The second-order valence-electron chi connectivity index (χ2n) is 4.73. The van der Waals surface area contributed by atoms with Gasteiger partial charge in [0.05, 0.1) is 11.2 Å². The Bertz CT molecular complexity index is 342. The topological polar surface area (TPSA) is 51.0 Å². The van der Waals surface area contributed by atoms with Gasteiger partial charge < -0.3 is 9.84 Å². The van der Waals surface area contributed by atoms with E-state index in [4.69, 9.17) is 4.52 Å². The van der Waals surface area contributed by atoms with Gasteiger partial charge in [-0.15, -0.1) is 0 Å². The summed E-state index contributed by atoms with van der Waals surface area (Å²) in [6.45, 7) is 4.34. The highest BCUT2D eigenvalue weighted by Gasteiger charge is 2.38. The lowest BCUT2D eigenvalue weighted by Crippen LogP contribution is -2.40. The van der Waals surface area contributed by atoms with Crippen LogP contribution < -0.4 is 5.32 Å². The van der Waals surface area contributed by atoms with E-state index >= 15 is 0 Å². The van der Waals surface area contributed by atoms with Gasteiger partial charge in [-0.3, -0.25) is 0 Å². The van der Waals surface area contributed by atoms with Gasteiger partial charge in [-0.05, 0) is 38.6 Å². The first kappa shape index (κ1) is 12.9. The maximum Gasteiger partial charge on any atom is 0.232 e. The summed E-state index contributed by atoms with van der Waals surface area (Å²) in [4.78, 5) is 4.59. The van der Waals surface area contributed by atoms with Crippen molar-refractivity contribution in [3.63, 3.8) is 0 Å². The predicted octanol–water partition coefficient (Wildman–Crippen LogP) is 2.35. The predicted molar refractivity (Wildman–Crippen MR) is 70.2 cm³/mol. The van der Waals surface area contributed by atoms with Crippen LogP contribution in [-0.2, 0) is 11.2 Å². The molecule has 0 radical (unpaired) electrons. The zero-order valence-electron chi connectivity index (χ0n) is 10.7. The SMILES string of the molecule is CCCC1(c2nc(CSC)no2)CCNCC1. The average molecular weight is 255 g/mol. The van der Waals surface area contributed by atoms with Crippen molar-refractivity contribution < 1.29 is 4.52 Å². The molecular formula is C12H21N3OS. The number of hydrogen-bond acceptors (Lipinski definition) is 5. The molecule has 17 heavy (non-hydrogen) atoms. The Balaban J connectivity index is 2.18. The van der Waals surface area contributed by atoms with Crippen LogP contribution in [0.4, 0.5) is 0 Å². The first-order valence-corrected chi connectivity index (χ1v) is 7.73. The van der Waals surface area contributed by atoms with E-state index in [1.165, 1.54) is 6.42 Å². The fraction of sp³-hybridized carbons (Fsp3) is 0.833. The minimum atomic E-state index is 0.129. The monoisotopic (exact) mass is 255 g/mol. The molecule has 4 nitrogen and oxygen atoms in total. The van der Waals surface area contributed by atoms with Gasteiger partial charge in [0.1, 0.15) is 0 Å². The van der Waals surface area contributed by atoms with Crippen LogP contribution in [0.3, 0.4) is 0 Å². The van der Waals surface area contributed by atoms with E-state index in [-0.39, 0.29) is 5.41 Å². The lowest BCUT2D eigenvalue weighted by molar-refractivity contribution is 0.208. The normalized spacial score (nSPS) is 19.4. The second-order valence-corrected chi connectivity index (χ2v) is 5.60. The van der Waals surface area contributed by atoms with E-state index in [2.05, 4.69) is 28.6 Å². The molecule has 0 saturated carbocycles. The van der Waals surface area contributed by atoms with Crippen LogP contribution in [0.25, 0.3) is 0 Å². The van der Waals surface area contributed by atoms with Gasteiger partial charge in [0.25, 0.3) is 0 Å². The molecule has 1 aromatic heterocycles. The number of nitrogens with one attached hydrogen (secondary N) is 1. The molecule has 0 atom stereocenters. The molecule has 0 bridgehead atoms. The summed E-state index contributed by atoms with van der Waals surface area (Å²) in [7, 11) is 0. The highest BCUT2D eigenvalue weighted by atomic mass is 32.2. The molecule has 1 aromatic rings. The maximum atomic E-state index is 5.51. The summed E-state index contributed by atoms with van der Waals surface area (Å²) in [5.74, 6) is 2.54. The highest BCUT2D eigenvalue weighted by Crippen LogP contribution is 2.36. The Morgan fingerprint density at radius 2 is 2.18 bits per heavy atom. The van der Waals surface area contributed by atoms with E-state index in [9.17, 15) is 0 Å². The van der Waals surface area contributed by atoms with Crippen LogP contribution in [-0.4, -0.2) is 29.5 Å². The van der Waals surface area contributed by atoms with Gasteiger partial charge in [0.2, 0.25) is 5.89 Å². The standard InChI is InChI=1S/C12H21N3OS/c1-3-4-12(5-7-13-8-6-12)11-14-10(9-17-2)15-16-11/h13H,3-9H2,1-2H3. The lowest BCUT2D eigenvalue weighted by atomic mass is 9.75. The molecule has 0 aliphatic carbocycles. The zero-order valence-corrected chi connectivity index (χ0v) is 11.5. The van der Waals surface area contributed by atoms with Crippen molar-refractivity contribution in [3.8, 4) is 0 Å². The summed E-state index contributed by atoms with van der Waals surface area (Å²) >= 11 is 1.73. The Morgan fingerprint density at radius 3 is 2.82 bits per heavy atom. The fourth-order valence-corrected chi connectivity index (χ4v) is 2.99. The van der Waals surface area contributed by atoms with Gasteiger partial charge in [-0.2, -0.15) is 16.7 Å². The molecule has 0 spiro atoms. The molecule has 5 heteroatoms. The Morgan fingerprint density at radius 1 is 1.41 bits per heavy atom. The van der Waals surface area contributed by atoms with Crippen LogP contribution in [0, 0.1) is 0 Å². The van der Waals surface area contributed by atoms with Crippen LogP contribution in [0.1, 0.15) is 44.3 Å². The lowest BCUT2D eigenvalue weighted by Gasteiger charge is -2.34. The quantitative estimate of drug-likeness (QED) is 0.875. The zero-order chi connectivity index (χ0) is 12.1. The molecule has 1 saturated heterocycles. The molecule has 1 N–H and O–H groups in total. The molecular weight excluding hydrogens is 234 g/mol. The van der Waals surface area contributed by atoms with Crippen molar-refractivity contribution >= 4 is 11.8 Å². The summed E-state index contributed by atoms with van der Waals surface area (Å²) in [5, 5.41) is 7.49. The molecule has 0 unspecified atom stereocenters. The largest absolute Gasteiger partial charge is 0.339 e. The molecule has 1 aliphatic heterocycles. The third-order valence-corrected chi connectivity index (χ3v) is 4.03. The van der Waals surface area contributed by atoms with Crippen molar-refractivity contribution in [1.29, 1.82) is 0 Å². The molecule has 2 rings (SSSR count). The van der Waals surface area contributed by atoms with Gasteiger partial charge in [-0.25, -0.2) is 0 Å². The van der Waals surface area contributed by atoms with E-state index in [1.54, 1.807) is 11.8 Å². The Kier molecular flexibility index (Phi) is 4.45. The first-order valence-electron chi connectivity index (χ1n) is 6.33. The molecule has 1 aliphatic rings. The number of rotatable bonds is 5. The first-order chi connectivity index (χ1) is 8.30. The molecule has 96 valence electrons. The molecule has 0 amide bonds. The molecule has 2 heterocycles. The van der Waals surface area contributed by atoms with Crippen molar-refractivity contribution in [2.75, 3.05) is 19.3 Å². The number of nitrogens with zero attached hydrogens (tertiary/aromatic N) is 2. The van der Waals surface area contributed by atoms with Gasteiger partial charge in [0, 0.05) is 0 Å². The smallest absolute Gasteiger partial charge is 0.232 e. The van der Waals surface area contributed by atoms with Crippen molar-refractivity contribution in [2.24, 2.45) is 0 Å². The van der Waals surface area contributed by atoms with Crippen LogP contribution >= 0.6 is 11.8 Å². The van der Waals surface area contributed by atoms with Gasteiger partial charge in [-0.1, -0.05) is 18.5 Å². The maximum absolute atomic E-state index is 5.51. The van der Waals surface area contributed by atoms with Crippen molar-refractivity contribution in [1.82, 2.24) is 15.5 Å². The Hall–Kier alpha value is -0.550. The minimum Gasteiger partial charge on any atom is -0.339 e. The molecule has 1 fully saturated rings. The molecule has 0 aromatic carbocycles. The van der Waals surface area contributed by atoms with Gasteiger partial charge >= 0.3 is 0 Å². The fourth-order valence-electron chi connectivity index (χ4n) is 2.61. The van der Waals surface area contributed by atoms with Crippen molar-refractivity contribution in [3.05, 3.63) is 11.7 Å². The van der Waals surface area contributed by atoms with Gasteiger partial charge in [0.15, 0.2) is 5.82 Å². The number of hydrogen-bond donors (Lipinski definition) is 1. The summed E-state index contributed by atoms with van der Waals surface area (Å²) < 4.78 is 5.51. The summed E-state index contributed by atoms with van der Waals surface area (Å²) in [5.41, 5.74) is 0.129. The third-order valence-electron chi connectivity index (χ3n) is 3.48. The number of thioether (sulfide) groups is 1. The number of piperidine rings is 1. The van der Waals surface area contributed by atoms with Crippen LogP contribution in [0.2, 0.25) is 0 Å². The van der Waals surface area contributed by atoms with Crippen molar-refractivity contribution in [2.45, 2.75) is 43.8 Å². The second kappa shape index (κ2) is 5.87. The van der Waals surface area contributed by atoms with E-state index in [0.717, 1.165) is 49.8 Å². The van der Waals surface area contributed by atoms with Crippen LogP contribution in [0.5, 0.6) is 0 Å². The van der Waals surface area contributed by atoms with E-state index < -0.39 is 0 Å². The summed E-state index contributed by atoms with van der Waals surface area (Å²) in [6.07, 6.45) is 6.60. The average Bonchev–Trinajstić information content (AvgIpc) is 2.80. The highest BCUT2D eigenvalue weighted by molar-refractivity contribution is 7.97. The number of aromatic nitrogens is 2. The Labute approximate surface area is 107 Å².